The summed E-state index contributed by atoms with van der Waals surface area (Å²) in [7, 11) is -0.478. The van der Waals surface area contributed by atoms with Crippen molar-refractivity contribution in [3.05, 3.63) is 53.1 Å². The summed E-state index contributed by atoms with van der Waals surface area (Å²) in [5.74, 6) is 1.60. The molecule has 0 radical (unpaired) electrons. The molecular weight excluding hydrogens is 362 g/mol. The van der Waals surface area contributed by atoms with Crippen LogP contribution in [0.25, 0.3) is 0 Å². The van der Waals surface area contributed by atoms with Crippen molar-refractivity contribution < 1.29 is 17.9 Å². The van der Waals surface area contributed by atoms with Crippen LogP contribution in [0.3, 0.4) is 0 Å². The highest BCUT2D eigenvalue weighted by Crippen LogP contribution is 2.32. The molecule has 0 amide bonds. The molecule has 1 atom stereocenters. The molecule has 0 aromatic heterocycles. The van der Waals surface area contributed by atoms with Crippen molar-refractivity contribution in [2.75, 3.05) is 14.2 Å². The van der Waals surface area contributed by atoms with E-state index in [1.807, 2.05) is 45.0 Å². The highest BCUT2D eigenvalue weighted by atomic mass is 32.2. The summed E-state index contributed by atoms with van der Waals surface area (Å²) < 4.78 is 39.7. The number of rotatable bonds is 8. The van der Waals surface area contributed by atoms with E-state index in [2.05, 4.69) is 4.72 Å². The Morgan fingerprint density at radius 1 is 1.04 bits per heavy atom. The van der Waals surface area contributed by atoms with Crippen LogP contribution in [0.5, 0.6) is 11.5 Å². The van der Waals surface area contributed by atoms with Gasteiger partial charge in [0.05, 0.1) is 19.1 Å². The van der Waals surface area contributed by atoms with Crippen LogP contribution in [-0.2, 0) is 10.0 Å². The summed E-state index contributed by atoms with van der Waals surface area (Å²) >= 11 is 0. The molecular formula is C21H29NO4S. The van der Waals surface area contributed by atoms with Gasteiger partial charge in [0.1, 0.15) is 11.5 Å². The average molecular weight is 392 g/mol. The SMILES string of the molecule is CC[C@@H](NS(=O)(=O)c1cc(C(C)C)c(OC)cc1C)c1ccc(OC)cc1. The number of nitrogens with one attached hydrogen (secondary N) is 1. The Morgan fingerprint density at radius 3 is 2.15 bits per heavy atom. The van der Waals surface area contributed by atoms with Crippen molar-refractivity contribution in [3.8, 4) is 11.5 Å². The lowest BCUT2D eigenvalue weighted by Gasteiger charge is -2.20. The fourth-order valence-electron chi connectivity index (χ4n) is 3.07. The van der Waals surface area contributed by atoms with Crippen LogP contribution in [-0.4, -0.2) is 22.6 Å². The Balaban J connectivity index is 2.40. The second-order valence-electron chi connectivity index (χ2n) is 6.87. The second-order valence-corrected chi connectivity index (χ2v) is 8.55. The van der Waals surface area contributed by atoms with Crippen LogP contribution in [0.4, 0.5) is 0 Å². The lowest BCUT2D eigenvalue weighted by molar-refractivity contribution is 0.406. The third-order valence-corrected chi connectivity index (χ3v) is 6.28. The van der Waals surface area contributed by atoms with Crippen molar-refractivity contribution in [1.82, 2.24) is 4.72 Å². The maximum absolute atomic E-state index is 13.1. The van der Waals surface area contributed by atoms with E-state index in [1.165, 1.54) is 0 Å². The van der Waals surface area contributed by atoms with E-state index in [9.17, 15) is 8.42 Å². The summed E-state index contributed by atoms with van der Waals surface area (Å²) in [5.41, 5.74) is 2.44. The minimum Gasteiger partial charge on any atom is -0.497 e. The van der Waals surface area contributed by atoms with Gasteiger partial charge in [0.25, 0.3) is 0 Å². The summed E-state index contributed by atoms with van der Waals surface area (Å²) in [4.78, 5) is 0.291. The summed E-state index contributed by atoms with van der Waals surface area (Å²) in [5, 5.41) is 0. The van der Waals surface area contributed by atoms with Crippen molar-refractivity contribution in [1.29, 1.82) is 0 Å². The number of ether oxygens (including phenoxy) is 2. The molecule has 0 aliphatic carbocycles. The molecule has 0 fully saturated rings. The van der Waals surface area contributed by atoms with E-state index in [4.69, 9.17) is 9.47 Å². The highest BCUT2D eigenvalue weighted by molar-refractivity contribution is 7.89. The van der Waals surface area contributed by atoms with Gasteiger partial charge in [-0.1, -0.05) is 32.9 Å². The maximum Gasteiger partial charge on any atom is 0.241 e. The molecule has 0 saturated heterocycles. The molecule has 0 unspecified atom stereocenters. The van der Waals surface area contributed by atoms with Crippen LogP contribution < -0.4 is 14.2 Å². The molecule has 0 saturated carbocycles. The molecule has 2 aromatic rings. The molecule has 5 nitrogen and oxygen atoms in total. The Hall–Kier alpha value is -2.05. The van der Waals surface area contributed by atoms with Gasteiger partial charge in [-0.3, -0.25) is 0 Å². The first-order valence-electron chi connectivity index (χ1n) is 9.08. The van der Waals surface area contributed by atoms with Gasteiger partial charge in [-0.2, -0.15) is 0 Å². The third-order valence-electron chi connectivity index (χ3n) is 4.66. The van der Waals surface area contributed by atoms with E-state index in [-0.39, 0.29) is 12.0 Å². The standard InChI is InChI=1S/C21H29NO4S/c1-7-19(16-8-10-17(25-5)11-9-16)22-27(23,24)21-13-18(14(2)3)20(26-6)12-15(21)4/h8-14,19,22H,7H2,1-6H3/t19-/m1/s1. The molecule has 2 aromatic carbocycles. The van der Waals surface area contributed by atoms with Gasteiger partial charge in [0, 0.05) is 6.04 Å². The Morgan fingerprint density at radius 2 is 1.67 bits per heavy atom. The van der Waals surface area contributed by atoms with Crippen molar-refractivity contribution >= 4 is 10.0 Å². The molecule has 6 heteroatoms. The first kappa shape index (κ1) is 21.3. The second kappa shape index (κ2) is 8.76. The van der Waals surface area contributed by atoms with E-state index >= 15 is 0 Å². The largest absolute Gasteiger partial charge is 0.497 e. The quantitative estimate of drug-likeness (QED) is 0.716. The molecule has 1 N–H and O–H groups in total. The fourth-order valence-corrected chi connectivity index (χ4v) is 4.64. The zero-order chi connectivity index (χ0) is 20.2. The molecule has 0 bridgehead atoms. The van der Waals surface area contributed by atoms with Crippen LogP contribution in [0.2, 0.25) is 0 Å². The Labute approximate surface area is 162 Å². The zero-order valence-electron chi connectivity index (χ0n) is 16.9. The topological polar surface area (TPSA) is 64.6 Å². The molecule has 148 valence electrons. The average Bonchev–Trinajstić information content (AvgIpc) is 2.65. The predicted molar refractivity (Wildman–Crippen MR) is 108 cm³/mol. The monoisotopic (exact) mass is 391 g/mol. The van der Waals surface area contributed by atoms with Gasteiger partial charge < -0.3 is 9.47 Å². The molecule has 0 spiro atoms. The first-order valence-corrected chi connectivity index (χ1v) is 10.6. The van der Waals surface area contributed by atoms with Gasteiger partial charge in [0.2, 0.25) is 10.0 Å². The summed E-state index contributed by atoms with van der Waals surface area (Å²) in [6.45, 7) is 7.78. The van der Waals surface area contributed by atoms with Gasteiger partial charge in [-0.25, -0.2) is 13.1 Å². The Kier molecular flexibility index (Phi) is 6.89. The smallest absolute Gasteiger partial charge is 0.241 e. The summed E-state index contributed by atoms with van der Waals surface area (Å²) in [6, 6.07) is 10.6. The molecule has 0 heterocycles. The minimum absolute atomic E-state index is 0.151. The number of benzene rings is 2. The van der Waals surface area contributed by atoms with Gasteiger partial charge in [-0.05, 0) is 60.2 Å². The van der Waals surface area contributed by atoms with Gasteiger partial charge in [0.15, 0.2) is 0 Å². The van der Waals surface area contributed by atoms with Crippen LogP contribution >= 0.6 is 0 Å². The number of methoxy groups -OCH3 is 2. The summed E-state index contributed by atoms with van der Waals surface area (Å²) in [6.07, 6.45) is 0.637. The Bertz CT molecular complexity index is 874. The van der Waals surface area contributed by atoms with Gasteiger partial charge >= 0.3 is 0 Å². The predicted octanol–water partition coefficient (Wildman–Crippen LogP) is 4.57. The fraction of sp³-hybridized carbons (Fsp3) is 0.429. The zero-order valence-corrected chi connectivity index (χ0v) is 17.7. The van der Waals surface area contributed by atoms with E-state index < -0.39 is 10.0 Å². The molecule has 27 heavy (non-hydrogen) atoms. The van der Waals surface area contributed by atoms with Crippen LogP contribution in [0.1, 0.15) is 55.8 Å². The normalized spacial score (nSPS) is 12.9. The van der Waals surface area contributed by atoms with Crippen LogP contribution in [0.15, 0.2) is 41.3 Å². The van der Waals surface area contributed by atoms with Crippen molar-refractivity contribution in [2.24, 2.45) is 0 Å². The molecule has 0 aliphatic rings. The lowest BCUT2D eigenvalue weighted by Crippen LogP contribution is -2.29. The van der Waals surface area contributed by atoms with Gasteiger partial charge in [-0.15, -0.1) is 0 Å². The first-order chi connectivity index (χ1) is 12.7. The van der Waals surface area contributed by atoms with Crippen LogP contribution in [0, 0.1) is 6.92 Å². The number of hydrogen-bond acceptors (Lipinski definition) is 4. The van der Waals surface area contributed by atoms with E-state index in [0.29, 0.717) is 22.6 Å². The maximum atomic E-state index is 13.1. The molecule has 2 rings (SSSR count). The van der Waals surface area contributed by atoms with Crippen molar-refractivity contribution in [3.63, 3.8) is 0 Å². The van der Waals surface area contributed by atoms with Crippen molar-refractivity contribution in [2.45, 2.75) is 51.0 Å². The molecule has 0 aliphatic heterocycles. The minimum atomic E-state index is -3.68. The van der Waals surface area contributed by atoms with E-state index in [0.717, 1.165) is 16.9 Å². The highest BCUT2D eigenvalue weighted by Gasteiger charge is 2.24. The number of sulfonamides is 1. The number of hydrogen-bond donors (Lipinski definition) is 1. The number of aryl methyl sites for hydroxylation is 1. The third kappa shape index (κ3) is 4.82. The lowest BCUT2D eigenvalue weighted by atomic mass is 10.0. The van der Waals surface area contributed by atoms with E-state index in [1.54, 1.807) is 33.3 Å².